The summed E-state index contributed by atoms with van der Waals surface area (Å²) in [7, 11) is 0. The molecule has 2 N–H and O–H groups in total. The highest BCUT2D eigenvalue weighted by Gasteiger charge is 2.24. The summed E-state index contributed by atoms with van der Waals surface area (Å²) in [4.78, 5) is 31.5. The number of carbonyl (C=O) groups is 1. The van der Waals surface area contributed by atoms with Gasteiger partial charge in [0, 0.05) is 35.3 Å². The minimum atomic E-state index is -0.619. The number of nitrogens with zero attached hydrogens (tertiary/aromatic N) is 3. The number of nitrogens with one attached hydrogen (secondary N) is 2. The van der Waals surface area contributed by atoms with E-state index < -0.39 is 11.5 Å². The Morgan fingerprint density at radius 2 is 1.97 bits per heavy atom. The summed E-state index contributed by atoms with van der Waals surface area (Å²) in [5, 5.41) is 6.99. The molecule has 1 aromatic heterocycles. The van der Waals surface area contributed by atoms with Gasteiger partial charge in [0.2, 0.25) is 0 Å². The molecule has 0 atom stereocenters. The van der Waals surface area contributed by atoms with Gasteiger partial charge in [0.25, 0.3) is 0 Å². The molecular weight excluding hydrogens is 485 g/mol. The molecule has 1 fully saturated rings. The first-order chi connectivity index (χ1) is 17.4. The molecule has 1 aliphatic rings. The topological polar surface area (TPSA) is 88.5 Å². The average molecular weight is 508 g/mol. The molecule has 2 amide bonds. The van der Waals surface area contributed by atoms with Crippen LogP contribution in [0.15, 0.2) is 59.4 Å². The van der Waals surface area contributed by atoms with Crippen LogP contribution in [0.1, 0.15) is 12.5 Å². The van der Waals surface area contributed by atoms with Crippen molar-refractivity contribution in [1.29, 1.82) is 0 Å². The molecule has 10 heteroatoms. The predicted octanol–water partition coefficient (Wildman–Crippen LogP) is 5.16. The second-order valence-corrected chi connectivity index (χ2v) is 8.68. The molecule has 4 aromatic rings. The summed E-state index contributed by atoms with van der Waals surface area (Å²) in [6, 6.07) is 14.4. The Kier molecular flexibility index (Phi) is 6.24. The molecule has 0 saturated carbocycles. The zero-order valence-corrected chi connectivity index (χ0v) is 20.4. The third-order valence-electron chi connectivity index (χ3n) is 6.02. The van der Waals surface area contributed by atoms with Crippen LogP contribution in [0.25, 0.3) is 16.6 Å². The lowest BCUT2D eigenvalue weighted by atomic mass is 10.1. The van der Waals surface area contributed by atoms with E-state index in [0.29, 0.717) is 52.7 Å². The van der Waals surface area contributed by atoms with Crippen molar-refractivity contribution in [3.05, 3.63) is 81.5 Å². The van der Waals surface area contributed by atoms with Gasteiger partial charge in [0.1, 0.15) is 17.4 Å². The summed E-state index contributed by atoms with van der Waals surface area (Å²) in [6.07, 6.45) is 0. The maximum Gasteiger partial charge on any atom is 0.354 e. The van der Waals surface area contributed by atoms with Gasteiger partial charge >= 0.3 is 11.7 Å². The van der Waals surface area contributed by atoms with E-state index in [-0.39, 0.29) is 11.8 Å². The highest BCUT2D eigenvalue weighted by Crippen LogP contribution is 2.33. The van der Waals surface area contributed by atoms with Gasteiger partial charge in [0.05, 0.1) is 23.5 Å². The zero-order valence-electron chi connectivity index (χ0n) is 19.6. The van der Waals surface area contributed by atoms with E-state index in [2.05, 4.69) is 15.6 Å². The molecule has 0 aliphatic carbocycles. The van der Waals surface area contributed by atoms with E-state index >= 15 is 0 Å². The Morgan fingerprint density at radius 1 is 1.14 bits per heavy atom. The van der Waals surface area contributed by atoms with Crippen LogP contribution in [0.5, 0.6) is 5.75 Å². The van der Waals surface area contributed by atoms with Gasteiger partial charge in [-0.25, -0.2) is 14.0 Å². The number of carbonyl (C=O) groups excluding carboxylic acids is 1. The highest BCUT2D eigenvalue weighted by atomic mass is 35.5. The molecule has 184 valence electrons. The van der Waals surface area contributed by atoms with Crippen LogP contribution in [0.2, 0.25) is 5.02 Å². The number of ether oxygens (including phenoxy) is 1. The second-order valence-electron chi connectivity index (χ2n) is 8.24. The Labute approximate surface area is 211 Å². The molecule has 1 aliphatic heterocycles. The lowest BCUT2D eigenvalue weighted by molar-refractivity contribution is 0.252. The van der Waals surface area contributed by atoms with E-state index in [1.165, 1.54) is 16.7 Å². The molecule has 0 bridgehead atoms. The Bertz CT molecular complexity index is 1560. The lowest BCUT2D eigenvalue weighted by Gasteiger charge is -2.20. The number of benzene rings is 3. The summed E-state index contributed by atoms with van der Waals surface area (Å²) < 4.78 is 21.4. The van der Waals surface area contributed by atoms with Crippen molar-refractivity contribution in [2.24, 2.45) is 0 Å². The normalized spacial score (nSPS) is 13.2. The Balaban J connectivity index is 1.66. The fraction of sp³-hybridized carbons (Fsp3) is 0.192. The number of halogens is 2. The molecule has 36 heavy (non-hydrogen) atoms. The van der Waals surface area contributed by atoms with Crippen LogP contribution in [0.4, 0.5) is 26.4 Å². The maximum atomic E-state index is 14.4. The number of rotatable bonds is 6. The zero-order chi connectivity index (χ0) is 25.4. The van der Waals surface area contributed by atoms with Gasteiger partial charge < -0.3 is 15.4 Å². The van der Waals surface area contributed by atoms with E-state index in [0.717, 1.165) is 11.3 Å². The average Bonchev–Trinajstić information content (AvgIpc) is 3.27. The minimum absolute atomic E-state index is 0.162. The molecule has 0 unspecified atom stereocenters. The van der Waals surface area contributed by atoms with Gasteiger partial charge in [-0.15, -0.1) is 0 Å². The van der Waals surface area contributed by atoms with Crippen LogP contribution in [-0.4, -0.2) is 35.3 Å². The van der Waals surface area contributed by atoms with Gasteiger partial charge in [0.15, 0.2) is 0 Å². The molecule has 8 nitrogen and oxygen atoms in total. The third-order valence-corrected chi connectivity index (χ3v) is 6.26. The number of fused-ring (bicyclic) bond motifs is 1. The van der Waals surface area contributed by atoms with E-state index in [1.807, 2.05) is 32.0 Å². The van der Waals surface area contributed by atoms with Gasteiger partial charge in [-0.2, -0.15) is 4.98 Å². The van der Waals surface area contributed by atoms with Crippen molar-refractivity contribution in [3.63, 3.8) is 0 Å². The van der Waals surface area contributed by atoms with Crippen molar-refractivity contribution >= 4 is 45.7 Å². The van der Waals surface area contributed by atoms with Gasteiger partial charge in [-0.3, -0.25) is 9.47 Å². The largest absolute Gasteiger partial charge is 0.492 e. The Morgan fingerprint density at radius 3 is 2.72 bits per heavy atom. The van der Waals surface area contributed by atoms with Crippen LogP contribution >= 0.6 is 11.6 Å². The van der Waals surface area contributed by atoms with Crippen molar-refractivity contribution in [2.75, 3.05) is 29.9 Å². The number of aromatic nitrogens is 2. The standard InChI is InChI=1S/C26H23ClFN5O3/c1-3-36-23-13-16(27)7-10-21(23)33-22-14-17(28)8-9-18(22)24(31-26(33)35)30-19-5-4-6-20(15(19)2)32-12-11-29-25(32)34/h4-10,13-14H,3,11-12H2,1-2H3,(H,29,34)(H,30,31,35). The molecular formula is C26H23ClFN5O3. The van der Waals surface area contributed by atoms with E-state index in [9.17, 15) is 14.0 Å². The number of hydrogen-bond acceptors (Lipinski definition) is 5. The first kappa shape index (κ1) is 23.6. The Hall–Kier alpha value is -4.11. The highest BCUT2D eigenvalue weighted by molar-refractivity contribution is 6.30. The number of urea groups is 1. The first-order valence-electron chi connectivity index (χ1n) is 11.4. The molecule has 0 radical (unpaired) electrons. The summed E-state index contributed by atoms with van der Waals surface area (Å²) in [6.45, 7) is 5.18. The van der Waals surface area contributed by atoms with E-state index in [4.69, 9.17) is 16.3 Å². The van der Waals surface area contributed by atoms with Gasteiger partial charge in [-0.1, -0.05) is 17.7 Å². The summed E-state index contributed by atoms with van der Waals surface area (Å²) in [5.41, 5.74) is 2.33. The molecule has 3 aromatic carbocycles. The van der Waals surface area contributed by atoms with Crippen LogP contribution < -0.4 is 26.0 Å². The fourth-order valence-electron chi connectivity index (χ4n) is 4.35. The van der Waals surface area contributed by atoms with Crippen molar-refractivity contribution < 1.29 is 13.9 Å². The maximum absolute atomic E-state index is 14.4. The first-order valence-corrected chi connectivity index (χ1v) is 11.8. The molecule has 1 saturated heterocycles. The number of anilines is 3. The smallest absolute Gasteiger partial charge is 0.354 e. The lowest BCUT2D eigenvalue weighted by Crippen LogP contribution is -2.28. The molecule has 5 rings (SSSR count). The fourth-order valence-corrected chi connectivity index (χ4v) is 4.51. The number of hydrogen-bond donors (Lipinski definition) is 2. The van der Waals surface area contributed by atoms with Crippen LogP contribution in [-0.2, 0) is 0 Å². The SMILES string of the molecule is CCOc1cc(Cl)ccc1-n1c(=O)nc(Nc2cccc(N3CCNC3=O)c2C)c2ccc(F)cc21. The van der Waals surface area contributed by atoms with Crippen LogP contribution in [0, 0.1) is 12.7 Å². The van der Waals surface area contributed by atoms with Crippen LogP contribution in [0.3, 0.4) is 0 Å². The third kappa shape index (κ3) is 4.22. The summed E-state index contributed by atoms with van der Waals surface area (Å²) >= 11 is 6.14. The second kappa shape index (κ2) is 9.50. The van der Waals surface area contributed by atoms with Crippen molar-refractivity contribution in [3.8, 4) is 11.4 Å². The minimum Gasteiger partial charge on any atom is -0.492 e. The summed E-state index contributed by atoms with van der Waals surface area (Å²) in [5.74, 6) is 0.148. The molecule has 0 spiro atoms. The monoisotopic (exact) mass is 507 g/mol. The van der Waals surface area contributed by atoms with E-state index in [1.54, 1.807) is 29.2 Å². The van der Waals surface area contributed by atoms with Gasteiger partial charge in [-0.05, 0) is 61.9 Å². The predicted molar refractivity (Wildman–Crippen MR) is 139 cm³/mol. The number of amides is 2. The van der Waals surface area contributed by atoms with Crippen molar-refractivity contribution in [2.45, 2.75) is 13.8 Å². The van der Waals surface area contributed by atoms with Crippen molar-refractivity contribution in [1.82, 2.24) is 14.9 Å². The molecule has 2 heterocycles. The quantitative estimate of drug-likeness (QED) is 0.376.